The molecule has 0 aliphatic carbocycles. The first-order chi connectivity index (χ1) is 14.1. The molecule has 156 valence electrons. The number of sulfone groups is 1. The van der Waals surface area contributed by atoms with Crippen molar-refractivity contribution in [2.45, 2.75) is 18.0 Å². The molecule has 30 heavy (non-hydrogen) atoms. The molecule has 10 heteroatoms. The molecule has 2 heterocycles. The number of hydrogen-bond donors (Lipinski definition) is 1. The first-order valence-corrected chi connectivity index (χ1v) is 10.4. The Bertz CT molecular complexity index is 1180. The second-order valence-electron chi connectivity index (χ2n) is 6.24. The minimum Gasteiger partial charge on any atom is -0.382 e. The van der Waals surface area contributed by atoms with Crippen LogP contribution in [0.2, 0.25) is 0 Å². The van der Waals surface area contributed by atoms with Gasteiger partial charge in [-0.2, -0.15) is 13.2 Å². The maximum absolute atomic E-state index is 12.7. The lowest BCUT2D eigenvalue weighted by atomic mass is 10.1. The summed E-state index contributed by atoms with van der Waals surface area (Å²) >= 11 is 0. The molecule has 2 N–H and O–H groups in total. The topological polar surface area (TPSA) is 98.3 Å². The molecule has 1 aromatic carbocycles. The molecular weight excluding hydrogens is 417 g/mol. The van der Waals surface area contributed by atoms with Crippen LogP contribution in [0.5, 0.6) is 0 Å². The fourth-order valence-corrected chi connectivity index (χ4v) is 3.68. The Labute approximate surface area is 171 Å². The summed E-state index contributed by atoms with van der Waals surface area (Å²) < 4.78 is 63.3. The Hall–Kier alpha value is -3.27. The van der Waals surface area contributed by atoms with Crippen LogP contribution in [0.3, 0.4) is 0 Å². The van der Waals surface area contributed by atoms with Crippen molar-refractivity contribution >= 4 is 21.5 Å². The van der Waals surface area contributed by atoms with Crippen LogP contribution in [0, 0.1) is 0 Å². The zero-order valence-electron chi connectivity index (χ0n) is 15.8. The third kappa shape index (κ3) is 4.65. The van der Waals surface area contributed by atoms with Gasteiger partial charge in [-0.1, -0.05) is 37.3 Å². The minimum atomic E-state index is -4.53. The fourth-order valence-electron chi connectivity index (χ4n) is 2.61. The molecule has 0 bridgehead atoms. The summed E-state index contributed by atoms with van der Waals surface area (Å²) in [4.78, 5) is 11.6. The molecule has 6 nitrogen and oxygen atoms in total. The van der Waals surface area contributed by atoms with Crippen LogP contribution in [-0.2, 0) is 16.0 Å². The van der Waals surface area contributed by atoms with Crippen LogP contribution >= 0.6 is 0 Å². The second-order valence-corrected chi connectivity index (χ2v) is 8.49. The van der Waals surface area contributed by atoms with Gasteiger partial charge in [-0.15, -0.1) is 0 Å². The lowest BCUT2D eigenvalue weighted by Gasteiger charge is -2.11. The summed E-state index contributed by atoms with van der Waals surface area (Å²) in [5.74, 6) is -0.561. The Morgan fingerprint density at radius 1 is 1.03 bits per heavy atom. The molecule has 0 aliphatic rings. The summed E-state index contributed by atoms with van der Waals surface area (Å²) in [7, 11) is -3.72. The minimum absolute atomic E-state index is 0.0850. The van der Waals surface area contributed by atoms with Crippen molar-refractivity contribution in [3.63, 3.8) is 0 Å². The van der Waals surface area contributed by atoms with Gasteiger partial charge in [0.25, 0.3) is 0 Å². The third-order valence-electron chi connectivity index (χ3n) is 4.23. The van der Waals surface area contributed by atoms with Crippen LogP contribution in [0.15, 0.2) is 70.8 Å². The molecule has 0 radical (unpaired) electrons. The highest BCUT2D eigenvalue weighted by Gasteiger charge is 2.30. The Morgan fingerprint density at radius 3 is 2.30 bits per heavy atom. The predicted octanol–water partition coefficient (Wildman–Crippen LogP) is 3.99. The standard InChI is InChI=1S/C20H17F3N4O2S/c1-2-30(28,29)16-10-14(13-6-4-3-5-7-13)11-26-18(16)19(24)27-17-9-8-15(12-25-17)20(21,22)23/h3-12H,2H2,1H3,(H2,24,25,27). The SMILES string of the molecule is CCS(=O)(=O)c1cc(-c2ccccc2)cnc1C(N)=Nc1ccc(C(F)(F)F)cn1. The monoisotopic (exact) mass is 434 g/mol. The van der Waals surface area contributed by atoms with Gasteiger partial charge in [-0.3, -0.25) is 4.98 Å². The lowest BCUT2D eigenvalue weighted by Crippen LogP contribution is -2.20. The van der Waals surface area contributed by atoms with Crippen molar-refractivity contribution in [1.82, 2.24) is 9.97 Å². The van der Waals surface area contributed by atoms with E-state index in [0.717, 1.165) is 17.7 Å². The number of hydrogen-bond acceptors (Lipinski definition) is 5. The number of aliphatic imine (C=N–C) groups is 1. The number of amidine groups is 1. The molecule has 0 saturated heterocycles. The van der Waals surface area contributed by atoms with Crippen LogP contribution in [-0.4, -0.2) is 30.0 Å². The van der Waals surface area contributed by atoms with Gasteiger partial charge in [-0.05, 0) is 23.8 Å². The van der Waals surface area contributed by atoms with Gasteiger partial charge in [0.2, 0.25) is 0 Å². The third-order valence-corrected chi connectivity index (χ3v) is 5.97. The first kappa shape index (κ1) is 21.4. The number of nitrogens with zero attached hydrogens (tertiary/aromatic N) is 3. The van der Waals surface area contributed by atoms with Crippen molar-refractivity contribution in [2.24, 2.45) is 10.7 Å². The average Bonchev–Trinajstić information content (AvgIpc) is 2.73. The number of alkyl halides is 3. The van der Waals surface area contributed by atoms with E-state index in [-0.39, 0.29) is 28.0 Å². The lowest BCUT2D eigenvalue weighted by molar-refractivity contribution is -0.137. The zero-order chi connectivity index (χ0) is 21.9. The molecule has 0 saturated carbocycles. The number of aromatic nitrogens is 2. The second kappa shape index (κ2) is 8.23. The zero-order valence-corrected chi connectivity index (χ0v) is 16.6. The fraction of sp³-hybridized carbons (Fsp3) is 0.150. The maximum atomic E-state index is 12.7. The predicted molar refractivity (Wildman–Crippen MR) is 107 cm³/mol. The van der Waals surface area contributed by atoms with Gasteiger partial charge >= 0.3 is 6.18 Å². The highest BCUT2D eigenvalue weighted by Crippen LogP contribution is 2.29. The molecule has 0 fully saturated rings. The average molecular weight is 434 g/mol. The highest BCUT2D eigenvalue weighted by molar-refractivity contribution is 7.91. The number of nitrogens with two attached hydrogens (primary N) is 1. The maximum Gasteiger partial charge on any atom is 0.417 e. The van der Waals surface area contributed by atoms with Crippen molar-refractivity contribution in [2.75, 3.05) is 5.75 Å². The molecule has 3 aromatic rings. The van der Waals surface area contributed by atoms with Crippen LogP contribution in [0.1, 0.15) is 18.2 Å². The normalized spacial score (nSPS) is 12.7. The smallest absolute Gasteiger partial charge is 0.382 e. The van der Waals surface area contributed by atoms with Crippen molar-refractivity contribution in [3.05, 3.63) is 72.2 Å². The number of halogens is 3. The van der Waals surface area contributed by atoms with E-state index in [4.69, 9.17) is 5.73 Å². The van der Waals surface area contributed by atoms with E-state index >= 15 is 0 Å². The van der Waals surface area contributed by atoms with Gasteiger partial charge in [0, 0.05) is 18.0 Å². The largest absolute Gasteiger partial charge is 0.417 e. The summed E-state index contributed by atoms with van der Waals surface area (Å²) in [5, 5.41) is 0. The van der Waals surface area contributed by atoms with E-state index in [1.54, 1.807) is 0 Å². The van der Waals surface area contributed by atoms with Crippen molar-refractivity contribution in [3.8, 4) is 11.1 Å². The number of benzene rings is 1. The quantitative estimate of drug-likeness (QED) is 0.484. The van der Waals surface area contributed by atoms with E-state index in [0.29, 0.717) is 11.8 Å². The molecule has 0 amide bonds. The van der Waals surface area contributed by atoms with Gasteiger partial charge in [0.1, 0.15) is 5.69 Å². The van der Waals surface area contributed by atoms with Gasteiger partial charge in [0.15, 0.2) is 21.5 Å². The molecule has 3 rings (SSSR count). The van der Waals surface area contributed by atoms with Crippen LogP contribution < -0.4 is 5.73 Å². The van der Waals surface area contributed by atoms with Gasteiger partial charge in [-0.25, -0.2) is 18.4 Å². The van der Waals surface area contributed by atoms with Crippen LogP contribution in [0.4, 0.5) is 19.0 Å². The van der Waals surface area contributed by atoms with E-state index < -0.39 is 21.6 Å². The van der Waals surface area contributed by atoms with E-state index in [1.165, 1.54) is 19.2 Å². The summed E-state index contributed by atoms with van der Waals surface area (Å²) in [6.07, 6.45) is -2.44. The van der Waals surface area contributed by atoms with Crippen molar-refractivity contribution < 1.29 is 21.6 Å². The molecule has 0 spiro atoms. The molecule has 2 aromatic heterocycles. The Morgan fingerprint density at radius 2 is 1.73 bits per heavy atom. The van der Waals surface area contributed by atoms with E-state index in [1.807, 2.05) is 30.3 Å². The molecular formula is C20H17F3N4O2S. The summed E-state index contributed by atoms with van der Waals surface area (Å²) in [6.45, 7) is 1.49. The van der Waals surface area contributed by atoms with E-state index in [9.17, 15) is 21.6 Å². The number of pyridine rings is 2. The van der Waals surface area contributed by atoms with Crippen molar-refractivity contribution in [1.29, 1.82) is 0 Å². The molecule has 0 aliphatic heterocycles. The first-order valence-electron chi connectivity index (χ1n) is 8.78. The van der Waals surface area contributed by atoms with Crippen LogP contribution in [0.25, 0.3) is 11.1 Å². The van der Waals surface area contributed by atoms with Gasteiger partial charge < -0.3 is 5.73 Å². The van der Waals surface area contributed by atoms with E-state index in [2.05, 4.69) is 15.0 Å². The summed E-state index contributed by atoms with van der Waals surface area (Å²) in [6, 6.07) is 12.4. The molecule has 0 atom stereocenters. The number of rotatable bonds is 5. The van der Waals surface area contributed by atoms with Gasteiger partial charge in [0.05, 0.1) is 16.2 Å². The molecule has 0 unspecified atom stereocenters. The Balaban J connectivity index is 2.07. The Kier molecular flexibility index (Phi) is 5.88. The summed E-state index contributed by atoms with van der Waals surface area (Å²) in [5.41, 5.74) is 6.28. The highest BCUT2D eigenvalue weighted by atomic mass is 32.2.